The van der Waals surface area contributed by atoms with Gasteiger partial charge in [-0.3, -0.25) is 0 Å². The van der Waals surface area contributed by atoms with Crippen molar-refractivity contribution in [2.75, 3.05) is 0 Å². The topological polar surface area (TPSA) is 55.6 Å². The van der Waals surface area contributed by atoms with Crippen molar-refractivity contribution in [3.05, 3.63) is 41.2 Å². The largest absolute Gasteiger partial charge is 0.306 e. The summed E-state index contributed by atoms with van der Waals surface area (Å²) in [5.74, 6) is 1.30. The van der Waals surface area contributed by atoms with E-state index in [1.807, 2.05) is 0 Å². The second kappa shape index (κ2) is 5.73. The Bertz CT molecular complexity index is 486. The molecular weight excluding hydrogens is 226 g/mol. The summed E-state index contributed by atoms with van der Waals surface area (Å²) < 4.78 is 0. The van der Waals surface area contributed by atoms with Crippen LogP contribution in [-0.4, -0.2) is 20.2 Å². The lowest BCUT2D eigenvalue weighted by atomic mass is 10.0. The molecule has 0 amide bonds. The highest BCUT2D eigenvalue weighted by molar-refractivity contribution is 5.24. The summed E-state index contributed by atoms with van der Waals surface area (Å²) in [6.45, 7) is 5.86. The van der Waals surface area contributed by atoms with E-state index in [1.54, 1.807) is 7.05 Å². The maximum absolute atomic E-state index is 4.11. The molecule has 0 aliphatic heterocycles. The van der Waals surface area contributed by atoms with Gasteiger partial charge in [-0.15, -0.1) is 10.2 Å². The van der Waals surface area contributed by atoms with Crippen LogP contribution in [0.5, 0.6) is 0 Å². The molecule has 0 saturated heterocycles. The minimum atomic E-state index is 0.579. The second-order valence-electron chi connectivity index (χ2n) is 4.69. The van der Waals surface area contributed by atoms with Gasteiger partial charge < -0.3 is 5.32 Å². The third-order valence-corrected chi connectivity index (χ3v) is 2.81. The molecule has 0 aliphatic carbocycles. The third kappa shape index (κ3) is 3.37. The van der Waals surface area contributed by atoms with Gasteiger partial charge in [0.1, 0.15) is 0 Å². The fourth-order valence-electron chi connectivity index (χ4n) is 1.73. The van der Waals surface area contributed by atoms with Crippen molar-refractivity contribution < 1.29 is 0 Å². The number of hydrogen-bond donors (Lipinski definition) is 1. The average Bonchev–Trinajstić information content (AvgIpc) is 2.76. The molecule has 96 valence electrons. The average molecular weight is 245 g/mol. The molecule has 0 spiro atoms. The lowest BCUT2D eigenvalue weighted by molar-refractivity contribution is 0.619. The van der Waals surface area contributed by atoms with Gasteiger partial charge in [-0.2, -0.15) is 4.80 Å². The van der Waals surface area contributed by atoms with Gasteiger partial charge in [-0.05, 0) is 22.3 Å². The first-order chi connectivity index (χ1) is 8.65. The van der Waals surface area contributed by atoms with Crippen LogP contribution in [0.4, 0.5) is 0 Å². The molecular formula is C13H19N5. The first-order valence-electron chi connectivity index (χ1n) is 6.17. The summed E-state index contributed by atoms with van der Waals surface area (Å²) in [5, 5.41) is 15.1. The Labute approximate surface area is 107 Å². The number of aromatic nitrogens is 4. The highest BCUT2D eigenvalue weighted by atomic mass is 15.6. The van der Waals surface area contributed by atoms with E-state index in [-0.39, 0.29) is 0 Å². The van der Waals surface area contributed by atoms with Crippen LogP contribution >= 0.6 is 0 Å². The third-order valence-electron chi connectivity index (χ3n) is 2.81. The Morgan fingerprint density at radius 3 is 2.44 bits per heavy atom. The molecule has 0 unspecified atom stereocenters. The van der Waals surface area contributed by atoms with Gasteiger partial charge in [0.05, 0.1) is 13.6 Å². The Morgan fingerprint density at radius 1 is 1.17 bits per heavy atom. The van der Waals surface area contributed by atoms with Gasteiger partial charge in [0.25, 0.3) is 0 Å². The molecule has 1 N–H and O–H groups in total. The Morgan fingerprint density at radius 2 is 1.89 bits per heavy atom. The molecule has 18 heavy (non-hydrogen) atoms. The van der Waals surface area contributed by atoms with Crippen molar-refractivity contribution in [1.29, 1.82) is 0 Å². The molecule has 0 fully saturated rings. The highest BCUT2D eigenvalue weighted by Gasteiger charge is 2.01. The fraction of sp³-hybridized carbons (Fsp3) is 0.462. The molecule has 0 saturated carbocycles. The zero-order valence-corrected chi connectivity index (χ0v) is 11.1. The lowest BCUT2D eigenvalue weighted by Crippen LogP contribution is -2.14. The van der Waals surface area contributed by atoms with Crippen LogP contribution < -0.4 is 5.32 Å². The minimum Gasteiger partial charge on any atom is -0.306 e. The molecule has 0 atom stereocenters. The van der Waals surface area contributed by atoms with Gasteiger partial charge >= 0.3 is 0 Å². The van der Waals surface area contributed by atoms with Crippen LogP contribution in [0.3, 0.4) is 0 Å². The van der Waals surface area contributed by atoms with E-state index in [9.17, 15) is 0 Å². The van der Waals surface area contributed by atoms with Gasteiger partial charge in [-0.25, -0.2) is 0 Å². The second-order valence-corrected chi connectivity index (χ2v) is 4.69. The van der Waals surface area contributed by atoms with Gasteiger partial charge in [-0.1, -0.05) is 38.1 Å². The van der Waals surface area contributed by atoms with Crippen LogP contribution in [-0.2, 0) is 20.1 Å². The molecule has 5 heteroatoms. The number of aryl methyl sites for hydroxylation is 1. The summed E-state index contributed by atoms with van der Waals surface area (Å²) in [4.78, 5) is 1.47. The molecule has 1 heterocycles. The van der Waals surface area contributed by atoms with Gasteiger partial charge in [0.2, 0.25) is 0 Å². The van der Waals surface area contributed by atoms with Crippen molar-refractivity contribution in [3.8, 4) is 0 Å². The summed E-state index contributed by atoms with van der Waals surface area (Å²) in [7, 11) is 1.77. The number of benzene rings is 1. The Balaban J connectivity index is 1.83. The van der Waals surface area contributed by atoms with E-state index in [1.165, 1.54) is 15.9 Å². The molecule has 1 aromatic carbocycles. The number of hydrogen-bond acceptors (Lipinski definition) is 4. The van der Waals surface area contributed by atoms with Crippen molar-refractivity contribution in [3.63, 3.8) is 0 Å². The molecule has 0 aliphatic rings. The molecule has 2 aromatic rings. The van der Waals surface area contributed by atoms with Crippen molar-refractivity contribution in [2.24, 2.45) is 7.05 Å². The Hall–Kier alpha value is -1.75. The van der Waals surface area contributed by atoms with Crippen LogP contribution in [0.1, 0.15) is 36.7 Å². The maximum Gasteiger partial charge on any atom is 0.188 e. The first kappa shape index (κ1) is 12.7. The molecule has 1 aromatic heterocycles. The predicted octanol–water partition coefficient (Wildman–Crippen LogP) is 1.62. The van der Waals surface area contributed by atoms with E-state index in [2.05, 4.69) is 58.8 Å². The highest BCUT2D eigenvalue weighted by Crippen LogP contribution is 2.14. The van der Waals surface area contributed by atoms with E-state index in [4.69, 9.17) is 0 Å². The van der Waals surface area contributed by atoms with Gasteiger partial charge in [0, 0.05) is 6.54 Å². The van der Waals surface area contributed by atoms with E-state index in [0.717, 1.165) is 12.4 Å². The smallest absolute Gasteiger partial charge is 0.188 e. The van der Waals surface area contributed by atoms with Crippen LogP contribution in [0.15, 0.2) is 24.3 Å². The van der Waals surface area contributed by atoms with Crippen LogP contribution in [0.2, 0.25) is 0 Å². The molecule has 5 nitrogen and oxygen atoms in total. The normalized spacial score (nSPS) is 11.1. The number of nitrogens with zero attached hydrogens (tertiary/aromatic N) is 4. The number of nitrogens with one attached hydrogen (secondary N) is 1. The van der Waals surface area contributed by atoms with Crippen molar-refractivity contribution >= 4 is 0 Å². The zero-order chi connectivity index (χ0) is 13.0. The van der Waals surface area contributed by atoms with E-state index >= 15 is 0 Å². The SMILES string of the molecule is CC(C)c1ccc(CNCc2nnn(C)n2)cc1. The van der Waals surface area contributed by atoms with Crippen molar-refractivity contribution in [1.82, 2.24) is 25.5 Å². The van der Waals surface area contributed by atoms with Crippen molar-refractivity contribution in [2.45, 2.75) is 32.9 Å². The summed E-state index contributed by atoms with van der Waals surface area (Å²) in [5.41, 5.74) is 2.64. The summed E-state index contributed by atoms with van der Waals surface area (Å²) in [6, 6.07) is 8.68. The van der Waals surface area contributed by atoms with Crippen LogP contribution in [0.25, 0.3) is 0 Å². The lowest BCUT2D eigenvalue weighted by Gasteiger charge is -2.07. The Kier molecular flexibility index (Phi) is 4.04. The monoisotopic (exact) mass is 245 g/mol. The standard InChI is InChI=1S/C13H19N5/c1-10(2)12-6-4-11(5-7-12)8-14-9-13-15-17-18(3)16-13/h4-7,10,14H,8-9H2,1-3H3. The summed E-state index contributed by atoms with van der Waals surface area (Å²) in [6.07, 6.45) is 0. The zero-order valence-electron chi connectivity index (χ0n) is 11.1. The molecule has 0 radical (unpaired) electrons. The number of rotatable bonds is 5. The van der Waals surface area contributed by atoms with Gasteiger partial charge in [0.15, 0.2) is 5.82 Å². The van der Waals surface area contributed by atoms with E-state index < -0.39 is 0 Å². The maximum atomic E-state index is 4.11. The molecule has 2 rings (SSSR count). The quantitative estimate of drug-likeness (QED) is 0.869. The molecule has 0 bridgehead atoms. The minimum absolute atomic E-state index is 0.579. The van der Waals surface area contributed by atoms with E-state index in [0.29, 0.717) is 12.5 Å². The first-order valence-corrected chi connectivity index (χ1v) is 6.17. The number of tetrazole rings is 1. The van der Waals surface area contributed by atoms with Crippen LogP contribution in [0, 0.1) is 0 Å². The fourth-order valence-corrected chi connectivity index (χ4v) is 1.73. The predicted molar refractivity (Wildman–Crippen MR) is 69.9 cm³/mol. The summed E-state index contributed by atoms with van der Waals surface area (Å²) >= 11 is 0.